The predicted molar refractivity (Wildman–Crippen MR) is 83.2 cm³/mol. The van der Waals surface area contributed by atoms with E-state index in [0.717, 1.165) is 10.8 Å². The zero-order valence-corrected chi connectivity index (χ0v) is 12.1. The summed E-state index contributed by atoms with van der Waals surface area (Å²) in [7, 11) is 1.53. The van der Waals surface area contributed by atoms with Gasteiger partial charge in [0.05, 0.1) is 12.7 Å². The number of ether oxygens (including phenoxy) is 1. The van der Waals surface area contributed by atoms with Crippen LogP contribution in [0, 0.1) is 0 Å². The molecule has 0 spiro atoms. The summed E-state index contributed by atoms with van der Waals surface area (Å²) in [5.41, 5.74) is 1.06. The smallest absolute Gasteiger partial charge is 0.197 e. The van der Waals surface area contributed by atoms with E-state index in [1.807, 2.05) is 18.2 Å². The maximum atomic E-state index is 12.8. The SMILES string of the molecule is COc1ccc(Cl)cc1C(=O)c1cccc2cnccc12. The third kappa shape index (κ3) is 2.48. The van der Waals surface area contributed by atoms with E-state index in [9.17, 15) is 4.79 Å². The topological polar surface area (TPSA) is 39.2 Å². The van der Waals surface area contributed by atoms with Crippen LogP contribution in [0.4, 0.5) is 0 Å². The van der Waals surface area contributed by atoms with Gasteiger partial charge in [0.25, 0.3) is 0 Å². The Labute approximate surface area is 127 Å². The van der Waals surface area contributed by atoms with Crippen LogP contribution in [0.25, 0.3) is 10.8 Å². The molecule has 0 atom stereocenters. The summed E-state index contributed by atoms with van der Waals surface area (Å²) in [5.74, 6) is 0.390. The quantitative estimate of drug-likeness (QED) is 0.682. The molecule has 0 unspecified atom stereocenters. The lowest BCUT2D eigenvalue weighted by Crippen LogP contribution is -2.05. The highest BCUT2D eigenvalue weighted by atomic mass is 35.5. The number of ketones is 1. The van der Waals surface area contributed by atoms with Gasteiger partial charge < -0.3 is 4.74 Å². The molecule has 4 heteroatoms. The van der Waals surface area contributed by atoms with Crippen LogP contribution in [0.1, 0.15) is 15.9 Å². The number of pyridine rings is 1. The summed E-state index contributed by atoms with van der Waals surface area (Å²) < 4.78 is 5.26. The summed E-state index contributed by atoms with van der Waals surface area (Å²) >= 11 is 6.01. The second kappa shape index (κ2) is 5.54. The van der Waals surface area contributed by atoms with Crippen LogP contribution in [0.15, 0.2) is 54.9 Å². The highest BCUT2D eigenvalue weighted by molar-refractivity contribution is 6.31. The fourth-order valence-corrected chi connectivity index (χ4v) is 2.50. The third-order valence-electron chi connectivity index (χ3n) is 3.33. The highest BCUT2D eigenvalue weighted by Gasteiger charge is 2.17. The molecule has 0 radical (unpaired) electrons. The molecule has 1 aromatic heterocycles. The van der Waals surface area contributed by atoms with Crippen molar-refractivity contribution >= 4 is 28.2 Å². The first kappa shape index (κ1) is 13.6. The molecule has 0 N–H and O–H groups in total. The molecule has 3 aromatic rings. The molecule has 104 valence electrons. The number of hydrogen-bond acceptors (Lipinski definition) is 3. The number of carbonyl (C=O) groups is 1. The molecule has 0 aliphatic heterocycles. The first-order chi connectivity index (χ1) is 10.2. The molecule has 2 aromatic carbocycles. The van der Waals surface area contributed by atoms with Crippen molar-refractivity contribution in [1.29, 1.82) is 0 Å². The molecule has 21 heavy (non-hydrogen) atoms. The first-order valence-electron chi connectivity index (χ1n) is 6.41. The second-order valence-corrected chi connectivity index (χ2v) is 5.01. The zero-order chi connectivity index (χ0) is 14.8. The van der Waals surface area contributed by atoms with E-state index in [4.69, 9.17) is 16.3 Å². The van der Waals surface area contributed by atoms with Gasteiger partial charge in [-0.25, -0.2) is 0 Å². The Morgan fingerprint density at radius 3 is 2.81 bits per heavy atom. The number of hydrogen-bond donors (Lipinski definition) is 0. The van der Waals surface area contributed by atoms with Gasteiger partial charge in [-0.1, -0.05) is 29.8 Å². The van der Waals surface area contributed by atoms with Crippen molar-refractivity contribution in [3.8, 4) is 5.75 Å². The Hall–Kier alpha value is -2.39. The van der Waals surface area contributed by atoms with E-state index in [-0.39, 0.29) is 5.78 Å². The van der Waals surface area contributed by atoms with Crippen molar-refractivity contribution in [2.45, 2.75) is 0 Å². The van der Waals surface area contributed by atoms with E-state index in [2.05, 4.69) is 4.98 Å². The van der Waals surface area contributed by atoms with Gasteiger partial charge in [0, 0.05) is 28.4 Å². The molecule has 3 nitrogen and oxygen atoms in total. The fourth-order valence-electron chi connectivity index (χ4n) is 2.32. The van der Waals surface area contributed by atoms with Crippen molar-refractivity contribution in [3.63, 3.8) is 0 Å². The number of halogens is 1. The van der Waals surface area contributed by atoms with E-state index in [1.165, 1.54) is 7.11 Å². The molecule has 1 heterocycles. The maximum Gasteiger partial charge on any atom is 0.197 e. The van der Waals surface area contributed by atoms with Crippen LogP contribution < -0.4 is 4.74 Å². The van der Waals surface area contributed by atoms with Crippen molar-refractivity contribution in [1.82, 2.24) is 4.98 Å². The monoisotopic (exact) mass is 297 g/mol. The molecule has 3 rings (SSSR count). The van der Waals surface area contributed by atoms with Crippen molar-refractivity contribution in [2.24, 2.45) is 0 Å². The molecule has 0 aliphatic rings. The lowest BCUT2D eigenvalue weighted by Gasteiger charge is -2.10. The number of methoxy groups -OCH3 is 1. The van der Waals surface area contributed by atoms with Gasteiger partial charge in [-0.3, -0.25) is 9.78 Å². The van der Waals surface area contributed by atoms with Gasteiger partial charge in [-0.15, -0.1) is 0 Å². The molecule has 0 amide bonds. The number of carbonyl (C=O) groups excluding carboxylic acids is 1. The van der Waals surface area contributed by atoms with Crippen LogP contribution >= 0.6 is 11.6 Å². The minimum atomic E-state index is -0.119. The minimum absolute atomic E-state index is 0.119. The molecule has 0 aliphatic carbocycles. The molecule has 0 bridgehead atoms. The highest BCUT2D eigenvalue weighted by Crippen LogP contribution is 2.27. The number of nitrogens with zero attached hydrogens (tertiary/aromatic N) is 1. The lowest BCUT2D eigenvalue weighted by atomic mass is 9.98. The maximum absolute atomic E-state index is 12.8. The molecule has 0 fully saturated rings. The third-order valence-corrected chi connectivity index (χ3v) is 3.57. The molecule has 0 saturated heterocycles. The van der Waals surface area contributed by atoms with Gasteiger partial charge in [-0.05, 0) is 29.7 Å². The second-order valence-electron chi connectivity index (χ2n) is 4.58. The van der Waals surface area contributed by atoms with Gasteiger partial charge >= 0.3 is 0 Å². The van der Waals surface area contributed by atoms with Crippen LogP contribution in [-0.2, 0) is 0 Å². The average molecular weight is 298 g/mol. The van der Waals surface area contributed by atoms with Crippen molar-refractivity contribution in [2.75, 3.05) is 7.11 Å². The first-order valence-corrected chi connectivity index (χ1v) is 6.79. The Kier molecular flexibility index (Phi) is 3.59. The number of aromatic nitrogens is 1. The Morgan fingerprint density at radius 2 is 2.00 bits per heavy atom. The van der Waals surface area contributed by atoms with E-state index in [0.29, 0.717) is 21.9 Å². The number of benzene rings is 2. The summed E-state index contributed by atoms with van der Waals surface area (Å²) in [5, 5.41) is 2.28. The Bertz CT molecular complexity index is 825. The normalized spacial score (nSPS) is 10.6. The largest absolute Gasteiger partial charge is 0.496 e. The minimum Gasteiger partial charge on any atom is -0.496 e. The Morgan fingerprint density at radius 1 is 1.14 bits per heavy atom. The van der Waals surface area contributed by atoms with Gasteiger partial charge in [0.2, 0.25) is 0 Å². The van der Waals surface area contributed by atoms with Crippen LogP contribution in [0.5, 0.6) is 5.75 Å². The molecular formula is C17H12ClNO2. The number of fused-ring (bicyclic) bond motifs is 1. The van der Waals surface area contributed by atoms with E-state index >= 15 is 0 Å². The van der Waals surface area contributed by atoms with Crippen LogP contribution in [-0.4, -0.2) is 17.9 Å². The van der Waals surface area contributed by atoms with Gasteiger partial charge in [0.15, 0.2) is 5.78 Å². The average Bonchev–Trinajstić information content (AvgIpc) is 2.53. The van der Waals surface area contributed by atoms with E-state index < -0.39 is 0 Å². The van der Waals surface area contributed by atoms with E-state index in [1.54, 1.807) is 36.7 Å². The number of rotatable bonds is 3. The van der Waals surface area contributed by atoms with Gasteiger partial charge in [-0.2, -0.15) is 0 Å². The van der Waals surface area contributed by atoms with Crippen LogP contribution in [0.2, 0.25) is 5.02 Å². The standard InChI is InChI=1S/C17H12ClNO2/c1-21-16-6-5-12(18)9-15(16)17(20)14-4-2-3-11-10-19-8-7-13(11)14/h2-10H,1H3. The summed E-state index contributed by atoms with van der Waals surface area (Å²) in [6.45, 7) is 0. The summed E-state index contributed by atoms with van der Waals surface area (Å²) in [4.78, 5) is 16.9. The van der Waals surface area contributed by atoms with Crippen molar-refractivity contribution in [3.05, 3.63) is 71.0 Å². The lowest BCUT2D eigenvalue weighted by molar-refractivity contribution is 0.103. The van der Waals surface area contributed by atoms with Crippen LogP contribution in [0.3, 0.4) is 0 Å². The van der Waals surface area contributed by atoms with Gasteiger partial charge in [0.1, 0.15) is 5.75 Å². The predicted octanol–water partition coefficient (Wildman–Crippen LogP) is 4.13. The molecular weight excluding hydrogens is 286 g/mol. The van der Waals surface area contributed by atoms with Crippen molar-refractivity contribution < 1.29 is 9.53 Å². The Balaban J connectivity index is 2.20. The summed E-state index contributed by atoms with van der Waals surface area (Å²) in [6, 6.07) is 12.4. The zero-order valence-electron chi connectivity index (χ0n) is 11.3. The molecule has 0 saturated carbocycles. The summed E-state index contributed by atoms with van der Waals surface area (Å²) in [6.07, 6.45) is 3.41. The fraction of sp³-hybridized carbons (Fsp3) is 0.0588.